The van der Waals surface area contributed by atoms with E-state index < -0.39 is 9.84 Å². The summed E-state index contributed by atoms with van der Waals surface area (Å²) in [5.74, 6) is 0.799. The lowest BCUT2D eigenvalue weighted by molar-refractivity contribution is 0.363. The Balaban J connectivity index is 2.76. The second-order valence-electron chi connectivity index (χ2n) is 3.51. The lowest BCUT2D eigenvalue weighted by atomic mass is 9.88. The molecule has 0 aromatic carbocycles. The molecule has 60 valence electrons. The molecular formula is C7H14O2S. The van der Waals surface area contributed by atoms with E-state index in [1.54, 1.807) is 0 Å². The summed E-state index contributed by atoms with van der Waals surface area (Å²) in [6.45, 7) is 4.11. The average Bonchev–Trinajstić information content (AvgIpc) is 2.08. The molecule has 3 heteroatoms. The summed E-state index contributed by atoms with van der Waals surface area (Å²) in [4.78, 5) is 0. The monoisotopic (exact) mass is 162 g/mol. The molecule has 0 amide bonds. The normalized spacial score (nSPS) is 38.2. The molecule has 0 N–H and O–H groups in total. The van der Waals surface area contributed by atoms with E-state index >= 15 is 0 Å². The summed E-state index contributed by atoms with van der Waals surface area (Å²) in [5.41, 5.74) is 0.0822. The van der Waals surface area contributed by atoms with Crippen molar-refractivity contribution in [2.45, 2.75) is 26.7 Å². The van der Waals surface area contributed by atoms with Crippen molar-refractivity contribution in [3.05, 3.63) is 0 Å². The summed E-state index contributed by atoms with van der Waals surface area (Å²) in [6, 6.07) is 0. The van der Waals surface area contributed by atoms with Crippen LogP contribution in [0.3, 0.4) is 0 Å². The maximum absolute atomic E-state index is 11.0. The van der Waals surface area contributed by atoms with Gasteiger partial charge in [-0.05, 0) is 18.3 Å². The molecule has 0 aliphatic carbocycles. The lowest BCUT2D eigenvalue weighted by Gasteiger charge is -2.17. The summed E-state index contributed by atoms with van der Waals surface area (Å²) >= 11 is 0. The topological polar surface area (TPSA) is 34.1 Å². The van der Waals surface area contributed by atoms with Crippen molar-refractivity contribution >= 4 is 9.84 Å². The quantitative estimate of drug-likeness (QED) is 0.581. The van der Waals surface area contributed by atoms with Crippen LogP contribution in [0.2, 0.25) is 0 Å². The third-order valence-corrected chi connectivity index (χ3v) is 4.40. The van der Waals surface area contributed by atoms with Gasteiger partial charge in [-0.25, -0.2) is 8.42 Å². The summed E-state index contributed by atoms with van der Waals surface area (Å²) in [7, 11) is -2.67. The smallest absolute Gasteiger partial charge is 0.150 e. The molecule has 2 nitrogen and oxygen atoms in total. The molecule has 1 saturated heterocycles. The highest BCUT2D eigenvalue weighted by Gasteiger charge is 2.36. The first-order valence-electron chi connectivity index (χ1n) is 3.68. The van der Waals surface area contributed by atoms with E-state index in [0.717, 1.165) is 12.8 Å². The molecule has 1 heterocycles. The van der Waals surface area contributed by atoms with Crippen molar-refractivity contribution in [2.75, 3.05) is 11.5 Å². The molecule has 1 fully saturated rings. The zero-order chi connectivity index (χ0) is 7.83. The Morgan fingerprint density at radius 2 is 2.10 bits per heavy atom. The fourth-order valence-corrected chi connectivity index (χ4v) is 3.71. The Morgan fingerprint density at radius 3 is 2.30 bits per heavy atom. The van der Waals surface area contributed by atoms with Crippen molar-refractivity contribution in [3.63, 3.8) is 0 Å². The van der Waals surface area contributed by atoms with Crippen LogP contribution in [0.25, 0.3) is 0 Å². The molecular weight excluding hydrogens is 148 g/mol. The Bertz CT molecular complexity index is 218. The van der Waals surface area contributed by atoms with E-state index in [-0.39, 0.29) is 5.41 Å². The number of hydrogen-bond acceptors (Lipinski definition) is 2. The highest BCUT2D eigenvalue weighted by atomic mass is 32.2. The molecule has 1 rings (SSSR count). The number of hydrogen-bond donors (Lipinski definition) is 0. The van der Waals surface area contributed by atoms with Gasteiger partial charge < -0.3 is 0 Å². The molecule has 10 heavy (non-hydrogen) atoms. The fourth-order valence-electron chi connectivity index (χ4n) is 1.36. The third kappa shape index (κ3) is 1.51. The minimum absolute atomic E-state index is 0.0822. The minimum atomic E-state index is -2.67. The van der Waals surface area contributed by atoms with Crippen molar-refractivity contribution in [1.29, 1.82) is 0 Å². The molecule has 0 spiro atoms. The van der Waals surface area contributed by atoms with Crippen LogP contribution in [0, 0.1) is 5.41 Å². The van der Waals surface area contributed by atoms with Crippen molar-refractivity contribution in [1.82, 2.24) is 0 Å². The van der Waals surface area contributed by atoms with E-state index in [1.165, 1.54) is 0 Å². The Morgan fingerprint density at radius 1 is 1.50 bits per heavy atom. The van der Waals surface area contributed by atoms with Gasteiger partial charge in [0, 0.05) is 0 Å². The standard InChI is InChI=1S/C7H14O2S/c1-3-7(2)4-5-10(8,9)6-7/h3-6H2,1-2H3/t7-/m1/s1. The number of sulfone groups is 1. The Hall–Kier alpha value is -0.0500. The molecule has 0 bridgehead atoms. The second kappa shape index (κ2) is 2.22. The van der Waals surface area contributed by atoms with Crippen LogP contribution in [0.1, 0.15) is 26.7 Å². The molecule has 0 saturated carbocycles. The van der Waals surface area contributed by atoms with Gasteiger partial charge in [0.05, 0.1) is 11.5 Å². The highest BCUT2D eigenvalue weighted by Crippen LogP contribution is 2.34. The van der Waals surface area contributed by atoms with Gasteiger partial charge in [-0.2, -0.15) is 0 Å². The first kappa shape index (κ1) is 8.05. The first-order chi connectivity index (χ1) is 4.47. The van der Waals surface area contributed by atoms with Crippen molar-refractivity contribution in [3.8, 4) is 0 Å². The predicted molar refractivity (Wildman–Crippen MR) is 41.7 cm³/mol. The zero-order valence-electron chi connectivity index (χ0n) is 6.55. The average molecular weight is 162 g/mol. The van der Waals surface area contributed by atoms with E-state index in [9.17, 15) is 8.42 Å². The van der Waals surface area contributed by atoms with E-state index in [0.29, 0.717) is 11.5 Å². The predicted octanol–water partition coefficient (Wildman–Crippen LogP) is 1.22. The molecule has 1 atom stereocenters. The lowest BCUT2D eigenvalue weighted by Crippen LogP contribution is -2.16. The Labute approximate surface area is 62.5 Å². The minimum Gasteiger partial charge on any atom is -0.229 e. The molecule has 0 radical (unpaired) electrons. The van der Waals surface area contributed by atoms with Gasteiger partial charge in [0.1, 0.15) is 0 Å². The van der Waals surface area contributed by atoms with Crippen molar-refractivity contribution < 1.29 is 8.42 Å². The summed E-state index contributed by atoms with van der Waals surface area (Å²) in [6.07, 6.45) is 1.83. The van der Waals surface area contributed by atoms with E-state index in [2.05, 4.69) is 13.8 Å². The van der Waals surface area contributed by atoms with Crippen LogP contribution in [-0.2, 0) is 9.84 Å². The molecule has 1 aliphatic rings. The van der Waals surface area contributed by atoms with Crippen LogP contribution in [-0.4, -0.2) is 19.9 Å². The SMILES string of the molecule is CC[C@]1(C)CCS(=O)(=O)C1. The fraction of sp³-hybridized carbons (Fsp3) is 1.00. The maximum atomic E-state index is 11.0. The molecule has 0 aromatic rings. The van der Waals surface area contributed by atoms with Gasteiger partial charge in [0.2, 0.25) is 0 Å². The van der Waals surface area contributed by atoms with E-state index in [4.69, 9.17) is 0 Å². The van der Waals surface area contributed by atoms with Crippen LogP contribution in [0.5, 0.6) is 0 Å². The molecule has 0 unspecified atom stereocenters. The second-order valence-corrected chi connectivity index (χ2v) is 5.69. The summed E-state index contributed by atoms with van der Waals surface area (Å²) in [5, 5.41) is 0. The summed E-state index contributed by atoms with van der Waals surface area (Å²) < 4.78 is 22.0. The Kier molecular flexibility index (Phi) is 1.79. The molecule has 0 aromatic heterocycles. The van der Waals surface area contributed by atoms with Gasteiger partial charge in [0.15, 0.2) is 9.84 Å². The largest absolute Gasteiger partial charge is 0.229 e. The van der Waals surface area contributed by atoms with Gasteiger partial charge in [0.25, 0.3) is 0 Å². The van der Waals surface area contributed by atoms with E-state index in [1.807, 2.05) is 0 Å². The van der Waals surface area contributed by atoms with Crippen LogP contribution in [0.15, 0.2) is 0 Å². The molecule has 1 aliphatic heterocycles. The van der Waals surface area contributed by atoms with Crippen LogP contribution in [0.4, 0.5) is 0 Å². The van der Waals surface area contributed by atoms with Crippen LogP contribution >= 0.6 is 0 Å². The van der Waals surface area contributed by atoms with Gasteiger partial charge in [-0.3, -0.25) is 0 Å². The number of rotatable bonds is 1. The maximum Gasteiger partial charge on any atom is 0.150 e. The zero-order valence-corrected chi connectivity index (χ0v) is 7.37. The van der Waals surface area contributed by atoms with Gasteiger partial charge in [-0.1, -0.05) is 13.8 Å². The van der Waals surface area contributed by atoms with Gasteiger partial charge >= 0.3 is 0 Å². The highest BCUT2D eigenvalue weighted by molar-refractivity contribution is 7.91. The first-order valence-corrected chi connectivity index (χ1v) is 5.50. The van der Waals surface area contributed by atoms with Crippen molar-refractivity contribution in [2.24, 2.45) is 5.41 Å². The van der Waals surface area contributed by atoms with Crippen LogP contribution < -0.4 is 0 Å². The van der Waals surface area contributed by atoms with Gasteiger partial charge in [-0.15, -0.1) is 0 Å². The third-order valence-electron chi connectivity index (χ3n) is 2.44.